The fraction of sp³-hybridized carbons (Fsp3) is 0.520. The Bertz CT molecular complexity index is 1390. The Morgan fingerprint density at radius 3 is 2.08 bits per heavy atom. The molecular formula is C25H26F6N2O4S2. The molecule has 1 unspecified atom stereocenters. The summed E-state index contributed by atoms with van der Waals surface area (Å²) in [5.74, 6) is -1.23. The van der Waals surface area contributed by atoms with Gasteiger partial charge in [0.2, 0.25) is 0 Å². The van der Waals surface area contributed by atoms with Gasteiger partial charge < -0.3 is 4.90 Å². The first-order chi connectivity index (χ1) is 17.9. The van der Waals surface area contributed by atoms with E-state index in [-0.39, 0.29) is 41.8 Å². The van der Waals surface area contributed by atoms with E-state index in [1.165, 1.54) is 18.7 Å². The fourth-order valence-corrected chi connectivity index (χ4v) is 7.98. The molecule has 214 valence electrons. The molecule has 4 rings (SSSR count). The molecule has 1 atom stereocenters. The van der Waals surface area contributed by atoms with E-state index in [1.807, 2.05) is 0 Å². The van der Waals surface area contributed by atoms with Crippen LogP contribution in [0.1, 0.15) is 61.1 Å². The predicted octanol–water partition coefficient (Wildman–Crippen LogP) is 5.49. The second-order valence-corrected chi connectivity index (χ2v) is 14.5. The number of pyridine rings is 1. The number of alkyl halides is 6. The second kappa shape index (κ2) is 10.2. The lowest BCUT2D eigenvalue weighted by molar-refractivity contribution is -0.138. The molecule has 0 radical (unpaired) electrons. The first kappa shape index (κ1) is 29.5. The van der Waals surface area contributed by atoms with Crippen LogP contribution < -0.4 is 0 Å². The molecule has 1 aliphatic heterocycles. The smallest absolute Gasteiger partial charge is 0.337 e. The minimum absolute atomic E-state index is 0.0449. The van der Waals surface area contributed by atoms with Crippen molar-refractivity contribution in [1.82, 2.24) is 9.88 Å². The molecule has 2 heterocycles. The molecule has 2 aromatic rings. The van der Waals surface area contributed by atoms with E-state index < -0.39 is 65.6 Å². The summed E-state index contributed by atoms with van der Waals surface area (Å²) in [6.07, 6.45) is -7.42. The Hall–Kier alpha value is -2.48. The van der Waals surface area contributed by atoms with Crippen molar-refractivity contribution in [2.24, 2.45) is 5.92 Å². The van der Waals surface area contributed by atoms with Crippen molar-refractivity contribution < 1.29 is 43.8 Å². The lowest BCUT2D eigenvalue weighted by Gasteiger charge is -2.40. The summed E-state index contributed by atoms with van der Waals surface area (Å²) in [6, 6.07) is 4.24. The molecule has 1 saturated carbocycles. The van der Waals surface area contributed by atoms with Gasteiger partial charge in [-0.15, -0.1) is 0 Å². The Labute approximate surface area is 224 Å². The standard InChI is InChI=1S/C25H26F6N2O4S2/c1-23(2,39(36,37)19-5-3-4-16(12-19)24(26,27)28)15-8-10-33(11-9-15)22(34)21-20(38(35)18-6-7-18)13-17(14-32-21)25(29,30)31/h3-5,12-15,18H,6-11H2,1-2H3. The third kappa shape index (κ3) is 5.86. The van der Waals surface area contributed by atoms with Gasteiger partial charge in [-0.2, -0.15) is 26.3 Å². The number of carbonyl (C=O) groups is 1. The fourth-order valence-electron chi connectivity index (χ4n) is 4.67. The number of aromatic nitrogens is 1. The van der Waals surface area contributed by atoms with E-state index in [1.54, 1.807) is 0 Å². The van der Waals surface area contributed by atoms with E-state index in [0.717, 1.165) is 18.2 Å². The Kier molecular flexibility index (Phi) is 7.69. The quantitative estimate of drug-likeness (QED) is 0.412. The number of sulfone groups is 1. The monoisotopic (exact) mass is 596 g/mol. The lowest BCUT2D eigenvalue weighted by atomic mass is 9.85. The van der Waals surface area contributed by atoms with Gasteiger partial charge in [0.15, 0.2) is 9.84 Å². The predicted molar refractivity (Wildman–Crippen MR) is 130 cm³/mol. The molecule has 1 aromatic heterocycles. The number of halogens is 6. The zero-order valence-corrected chi connectivity index (χ0v) is 22.6. The third-order valence-electron chi connectivity index (χ3n) is 7.36. The van der Waals surface area contributed by atoms with E-state index >= 15 is 0 Å². The highest BCUT2D eigenvalue weighted by Crippen LogP contribution is 2.40. The van der Waals surface area contributed by atoms with Crippen molar-refractivity contribution >= 4 is 26.5 Å². The molecule has 1 aromatic carbocycles. The van der Waals surface area contributed by atoms with Gasteiger partial charge in [0.1, 0.15) is 5.69 Å². The van der Waals surface area contributed by atoms with Crippen LogP contribution in [0.2, 0.25) is 0 Å². The van der Waals surface area contributed by atoms with Crippen LogP contribution in [0, 0.1) is 5.92 Å². The van der Waals surface area contributed by atoms with Crippen LogP contribution in [0.4, 0.5) is 26.3 Å². The van der Waals surface area contributed by atoms with Gasteiger partial charge >= 0.3 is 12.4 Å². The topological polar surface area (TPSA) is 84.4 Å². The summed E-state index contributed by atoms with van der Waals surface area (Å²) >= 11 is 0. The van der Waals surface area contributed by atoms with Crippen LogP contribution in [0.25, 0.3) is 0 Å². The zero-order chi connectivity index (χ0) is 29.0. The maximum absolute atomic E-state index is 13.4. The summed E-state index contributed by atoms with van der Waals surface area (Å²) in [7, 11) is -6.05. The van der Waals surface area contributed by atoms with Gasteiger partial charge in [-0.1, -0.05) is 6.07 Å². The minimum atomic E-state index is -4.73. The highest BCUT2D eigenvalue weighted by atomic mass is 32.2. The maximum Gasteiger partial charge on any atom is 0.417 e. The van der Waals surface area contributed by atoms with Gasteiger partial charge in [-0.05, 0) is 69.7 Å². The molecule has 1 amide bonds. The number of rotatable bonds is 6. The maximum atomic E-state index is 13.4. The number of hydrogen-bond donors (Lipinski definition) is 0. The Morgan fingerprint density at radius 2 is 1.54 bits per heavy atom. The van der Waals surface area contributed by atoms with Crippen LogP contribution in [0.15, 0.2) is 46.3 Å². The summed E-state index contributed by atoms with van der Waals surface area (Å²) < 4.78 is 117. The second-order valence-electron chi connectivity index (χ2n) is 10.3. The molecule has 1 saturated heterocycles. The van der Waals surface area contributed by atoms with Gasteiger partial charge in [0.05, 0.1) is 36.5 Å². The van der Waals surface area contributed by atoms with Gasteiger partial charge in [0, 0.05) is 24.5 Å². The SMILES string of the molecule is CC(C)(C1CCN(C(=O)c2ncc(C(F)(F)F)cc2S(=O)C2CC2)CC1)S(=O)(=O)c1cccc(C(F)(F)F)c1. The number of carbonyl (C=O) groups excluding carboxylic acids is 1. The molecule has 6 nitrogen and oxygen atoms in total. The molecule has 2 aliphatic rings. The molecule has 0 bridgehead atoms. The number of benzene rings is 1. The Balaban J connectivity index is 1.53. The van der Waals surface area contributed by atoms with Crippen LogP contribution in [0.3, 0.4) is 0 Å². The normalized spacial score (nSPS) is 18.7. The average Bonchev–Trinajstić information content (AvgIpc) is 3.72. The van der Waals surface area contributed by atoms with Crippen molar-refractivity contribution in [3.63, 3.8) is 0 Å². The Morgan fingerprint density at radius 1 is 0.949 bits per heavy atom. The molecule has 0 N–H and O–H groups in total. The van der Waals surface area contributed by atoms with Gasteiger partial charge in [-0.3, -0.25) is 9.00 Å². The molecule has 39 heavy (non-hydrogen) atoms. The molecule has 1 aliphatic carbocycles. The number of hydrogen-bond acceptors (Lipinski definition) is 5. The molecular weight excluding hydrogens is 570 g/mol. The van der Waals surface area contributed by atoms with Crippen molar-refractivity contribution in [2.75, 3.05) is 13.1 Å². The van der Waals surface area contributed by atoms with Crippen molar-refractivity contribution in [3.8, 4) is 0 Å². The highest BCUT2D eigenvalue weighted by molar-refractivity contribution is 7.92. The van der Waals surface area contributed by atoms with Crippen LogP contribution in [0.5, 0.6) is 0 Å². The van der Waals surface area contributed by atoms with Crippen molar-refractivity contribution in [1.29, 1.82) is 0 Å². The van der Waals surface area contributed by atoms with Crippen LogP contribution in [-0.4, -0.2) is 51.5 Å². The van der Waals surface area contributed by atoms with Gasteiger partial charge in [0.25, 0.3) is 5.91 Å². The molecule has 2 fully saturated rings. The molecule has 0 spiro atoms. The van der Waals surface area contributed by atoms with E-state index in [4.69, 9.17) is 0 Å². The van der Waals surface area contributed by atoms with Gasteiger partial charge in [-0.25, -0.2) is 13.4 Å². The minimum Gasteiger partial charge on any atom is -0.337 e. The van der Waals surface area contributed by atoms with E-state index in [9.17, 15) is 43.8 Å². The lowest BCUT2D eigenvalue weighted by Crippen LogP contribution is -2.48. The number of piperidine rings is 1. The van der Waals surface area contributed by atoms with Crippen LogP contribution in [-0.2, 0) is 33.0 Å². The largest absolute Gasteiger partial charge is 0.417 e. The number of nitrogens with zero attached hydrogens (tertiary/aromatic N) is 2. The van der Waals surface area contributed by atoms with Crippen molar-refractivity contribution in [2.45, 2.75) is 71.7 Å². The summed E-state index contributed by atoms with van der Waals surface area (Å²) in [6.45, 7) is 2.95. The number of likely N-dealkylation sites (tertiary alicyclic amines) is 1. The zero-order valence-electron chi connectivity index (χ0n) is 21.0. The summed E-state index contributed by atoms with van der Waals surface area (Å²) in [4.78, 5) is 17.6. The first-order valence-electron chi connectivity index (χ1n) is 12.1. The number of amides is 1. The first-order valence-corrected chi connectivity index (χ1v) is 14.8. The third-order valence-corrected chi connectivity index (χ3v) is 11.8. The summed E-state index contributed by atoms with van der Waals surface area (Å²) in [5, 5.41) is -0.338. The van der Waals surface area contributed by atoms with E-state index in [0.29, 0.717) is 31.2 Å². The average molecular weight is 597 g/mol. The molecule has 14 heteroatoms. The highest BCUT2D eigenvalue weighted by Gasteiger charge is 2.45. The van der Waals surface area contributed by atoms with Crippen molar-refractivity contribution in [3.05, 3.63) is 53.3 Å². The van der Waals surface area contributed by atoms with E-state index in [2.05, 4.69) is 4.98 Å². The summed E-state index contributed by atoms with van der Waals surface area (Å²) in [5.41, 5.74) is -2.52. The van der Waals surface area contributed by atoms with Crippen LogP contribution >= 0.6 is 0 Å².